The van der Waals surface area contributed by atoms with E-state index in [4.69, 9.17) is 10.9 Å². The first-order valence-electron chi connectivity index (χ1n) is 5.66. The van der Waals surface area contributed by atoms with Crippen molar-refractivity contribution in [3.63, 3.8) is 0 Å². The maximum absolute atomic E-state index is 8.60. The predicted molar refractivity (Wildman–Crippen MR) is 71.4 cm³/mol. The second-order valence-electron chi connectivity index (χ2n) is 4.01. The number of aromatic nitrogens is 3. The molecule has 0 aliphatic carbocycles. The van der Waals surface area contributed by atoms with Crippen LogP contribution in [-0.2, 0) is 0 Å². The normalized spacial score (nSPS) is 11.9. The molecule has 0 radical (unpaired) electrons. The fourth-order valence-corrected chi connectivity index (χ4v) is 1.87. The molecule has 2 aromatic heterocycles. The highest BCUT2D eigenvalue weighted by molar-refractivity contribution is 5.96. The molecule has 0 amide bonds. The molecule has 0 spiro atoms. The van der Waals surface area contributed by atoms with E-state index in [0.29, 0.717) is 11.4 Å². The Bertz CT molecular complexity index is 745. The molecule has 94 valence electrons. The minimum atomic E-state index is 0.0318. The molecule has 1 aromatic carbocycles. The van der Waals surface area contributed by atoms with E-state index in [1.54, 1.807) is 29.2 Å². The smallest absolute Gasteiger partial charge is 0.171 e. The average molecular weight is 253 g/mol. The van der Waals surface area contributed by atoms with Crippen molar-refractivity contribution in [1.82, 2.24) is 14.8 Å². The maximum atomic E-state index is 8.60. The number of rotatable bonds is 2. The first-order chi connectivity index (χ1) is 9.29. The maximum Gasteiger partial charge on any atom is 0.171 e. The van der Waals surface area contributed by atoms with Crippen LogP contribution in [0.3, 0.4) is 0 Å². The van der Waals surface area contributed by atoms with Gasteiger partial charge >= 0.3 is 0 Å². The highest BCUT2D eigenvalue weighted by Crippen LogP contribution is 2.16. The van der Waals surface area contributed by atoms with Crippen LogP contribution in [0.5, 0.6) is 0 Å². The van der Waals surface area contributed by atoms with Crippen molar-refractivity contribution in [3.05, 3.63) is 54.4 Å². The van der Waals surface area contributed by atoms with Gasteiger partial charge in [0.15, 0.2) is 11.7 Å². The number of pyridine rings is 1. The van der Waals surface area contributed by atoms with Gasteiger partial charge in [0.1, 0.15) is 0 Å². The summed E-state index contributed by atoms with van der Waals surface area (Å²) in [5.74, 6) is 0.708. The summed E-state index contributed by atoms with van der Waals surface area (Å²) in [6.45, 7) is 0. The summed E-state index contributed by atoms with van der Waals surface area (Å²) in [5.41, 5.74) is 7.03. The lowest BCUT2D eigenvalue weighted by Crippen LogP contribution is -2.13. The topological polar surface area (TPSA) is 89.3 Å². The third-order valence-electron chi connectivity index (χ3n) is 2.85. The Balaban J connectivity index is 2.07. The lowest BCUT2D eigenvalue weighted by atomic mass is 10.2. The van der Waals surface area contributed by atoms with Gasteiger partial charge in [0.2, 0.25) is 0 Å². The summed E-state index contributed by atoms with van der Waals surface area (Å²) in [7, 11) is 0. The molecule has 6 nitrogen and oxygen atoms in total. The van der Waals surface area contributed by atoms with Crippen molar-refractivity contribution < 1.29 is 5.21 Å². The summed E-state index contributed by atoms with van der Waals surface area (Å²) in [6, 6.07) is 11.4. The molecule has 0 saturated carbocycles. The van der Waals surface area contributed by atoms with Crippen LogP contribution >= 0.6 is 0 Å². The van der Waals surface area contributed by atoms with E-state index in [-0.39, 0.29) is 5.84 Å². The van der Waals surface area contributed by atoms with Gasteiger partial charge in [0, 0.05) is 17.1 Å². The molecule has 2 heterocycles. The van der Waals surface area contributed by atoms with Crippen molar-refractivity contribution >= 4 is 16.7 Å². The molecule has 0 saturated heterocycles. The van der Waals surface area contributed by atoms with Gasteiger partial charge in [-0.3, -0.25) is 0 Å². The summed E-state index contributed by atoms with van der Waals surface area (Å²) >= 11 is 0. The van der Waals surface area contributed by atoms with E-state index in [1.165, 1.54) is 0 Å². The highest BCUT2D eigenvalue weighted by Gasteiger charge is 2.06. The Hall–Kier alpha value is -2.89. The molecule has 0 unspecified atom stereocenters. The van der Waals surface area contributed by atoms with E-state index in [0.717, 1.165) is 10.9 Å². The molecule has 0 bridgehead atoms. The third-order valence-corrected chi connectivity index (χ3v) is 2.85. The third kappa shape index (κ3) is 1.89. The SMILES string of the molecule is NC(=NO)c1ccc(-n2ncc3ccccc32)nc1. The molecular formula is C13H11N5O. The zero-order valence-corrected chi connectivity index (χ0v) is 9.93. The number of oxime groups is 1. The molecule has 19 heavy (non-hydrogen) atoms. The lowest BCUT2D eigenvalue weighted by molar-refractivity contribution is 0.318. The van der Waals surface area contributed by atoms with Gasteiger partial charge in [0.05, 0.1) is 11.7 Å². The van der Waals surface area contributed by atoms with Gasteiger partial charge < -0.3 is 10.9 Å². The van der Waals surface area contributed by atoms with Gasteiger partial charge in [-0.25, -0.2) is 9.67 Å². The fourth-order valence-electron chi connectivity index (χ4n) is 1.87. The Morgan fingerprint density at radius 1 is 1.16 bits per heavy atom. The zero-order chi connectivity index (χ0) is 13.2. The van der Waals surface area contributed by atoms with Crippen molar-refractivity contribution in [2.75, 3.05) is 0 Å². The number of amidine groups is 1. The number of nitrogens with zero attached hydrogens (tertiary/aromatic N) is 4. The standard InChI is InChI=1S/C13H11N5O/c14-13(17-19)10-5-6-12(15-7-10)18-11-4-2-1-3-9(11)8-16-18/h1-8,19H,(H2,14,17). The molecular weight excluding hydrogens is 242 g/mol. The monoisotopic (exact) mass is 253 g/mol. The number of hydrogen-bond acceptors (Lipinski definition) is 4. The molecule has 3 rings (SSSR count). The Morgan fingerprint density at radius 2 is 2.00 bits per heavy atom. The number of nitrogens with two attached hydrogens (primary N) is 1. The van der Waals surface area contributed by atoms with Crippen LogP contribution in [0, 0.1) is 0 Å². The molecule has 3 aromatic rings. The minimum Gasteiger partial charge on any atom is -0.409 e. The molecule has 0 aliphatic rings. The van der Waals surface area contributed by atoms with Gasteiger partial charge in [-0.15, -0.1) is 0 Å². The van der Waals surface area contributed by atoms with E-state index in [1.807, 2.05) is 24.3 Å². The molecule has 3 N–H and O–H groups in total. The molecule has 6 heteroatoms. The quantitative estimate of drug-likeness (QED) is 0.313. The molecule has 0 aliphatic heterocycles. The van der Waals surface area contributed by atoms with Gasteiger partial charge in [-0.2, -0.15) is 5.10 Å². The average Bonchev–Trinajstić information content (AvgIpc) is 2.90. The zero-order valence-electron chi connectivity index (χ0n) is 9.93. The van der Waals surface area contributed by atoms with E-state index in [2.05, 4.69) is 15.2 Å². The number of hydrogen-bond donors (Lipinski definition) is 2. The first kappa shape index (κ1) is 11.2. The molecule has 0 atom stereocenters. The Labute approximate surface area is 108 Å². The van der Waals surface area contributed by atoms with Crippen LogP contribution in [0.1, 0.15) is 5.56 Å². The summed E-state index contributed by atoms with van der Waals surface area (Å²) in [4.78, 5) is 4.27. The summed E-state index contributed by atoms with van der Waals surface area (Å²) in [6.07, 6.45) is 3.33. The Morgan fingerprint density at radius 3 is 2.74 bits per heavy atom. The van der Waals surface area contributed by atoms with E-state index in [9.17, 15) is 0 Å². The Kier molecular flexibility index (Phi) is 2.60. The van der Waals surface area contributed by atoms with Crippen LogP contribution in [-0.4, -0.2) is 25.8 Å². The van der Waals surface area contributed by atoms with Crippen LogP contribution in [0.25, 0.3) is 16.7 Å². The van der Waals surface area contributed by atoms with Gasteiger partial charge in [-0.1, -0.05) is 23.4 Å². The largest absolute Gasteiger partial charge is 0.409 e. The number of para-hydroxylation sites is 1. The lowest BCUT2D eigenvalue weighted by Gasteiger charge is -2.03. The van der Waals surface area contributed by atoms with Gasteiger partial charge in [0.25, 0.3) is 0 Å². The van der Waals surface area contributed by atoms with Crippen LogP contribution in [0.4, 0.5) is 0 Å². The van der Waals surface area contributed by atoms with Gasteiger partial charge in [-0.05, 0) is 18.2 Å². The fraction of sp³-hybridized carbons (Fsp3) is 0. The number of benzene rings is 1. The predicted octanol–water partition coefficient (Wildman–Crippen LogP) is 1.51. The second-order valence-corrected chi connectivity index (χ2v) is 4.01. The number of fused-ring (bicyclic) bond motifs is 1. The van der Waals surface area contributed by atoms with E-state index >= 15 is 0 Å². The first-order valence-corrected chi connectivity index (χ1v) is 5.66. The van der Waals surface area contributed by atoms with Crippen molar-refractivity contribution in [2.24, 2.45) is 10.9 Å². The van der Waals surface area contributed by atoms with Crippen LogP contribution in [0.15, 0.2) is 53.9 Å². The second kappa shape index (κ2) is 4.41. The summed E-state index contributed by atoms with van der Waals surface area (Å²) in [5, 5.41) is 16.9. The van der Waals surface area contributed by atoms with Crippen molar-refractivity contribution in [3.8, 4) is 5.82 Å². The van der Waals surface area contributed by atoms with Crippen LogP contribution in [0.2, 0.25) is 0 Å². The van der Waals surface area contributed by atoms with Crippen LogP contribution < -0.4 is 5.73 Å². The molecule has 0 fully saturated rings. The van der Waals surface area contributed by atoms with Crippen molar-refractivity contribution in [1.29, 1.82) is 0 Å². The minimum absolute atomic E-state index is 0.0318. The summed E-state index contributed by atoms with van der Waals surface area (Å²) < 4.78 is 1.74. The highest BCUT2D eigenvalue weighted by atomic mass is 16.4. The van der Waals surface area contributed by atoms with E-state index < -0.39 is 0 Å². The van der Waals surface area contributed by atoms with Crippen molar-refractivity contribution in [2.45, 2.75) is 0 Å².